The molecule has 0 N–H and O–H groups in total. The Balaban J connectivity index is 1.92. The summed E-state index contributed by atoms with van der Waals surface area (Å²) in [5.41, 5.74) is 2.85. The van der Waals surface area contributed by atoms with Crippen LogP contribution in [0.4, 0.5) is 0 Å². The normalized spacial score (nSPS) is 19.8. The van der Waals surface area contributed by atoms with Crippen molar-refractivity contribution in [3.05, 3.63) is 59.8 Å². The van der Waals surface area contributed by atoms with E-state index in [2.05, 4.69) is 67.4 Å². The van der Waals surface area contributed by atoms with E-state index in [1.54, 1.807) is 0 Å². The minimum absolute atomic E-state index is 0.536. The Morgan fingerprint density at radius 1 is 1.19 bits per heavy atom. The second-order valence-corrected chi connectivity index (χ2v) is 4.40. The molecule has 2 rings (SSSR count). The molecule has 0 saturated carbocycles. The summed E-state index contributed by atoms with van der Waals surface area (Å²) in [7, 11) is 0. The zero-order valence-electron chi connectivity index (χ0n) is 10.1. The van der Waals surface area contributed by atoms with Gasteiger partial charge in [0, 0.05) is 12.6 Å². The Morgan fingerprint density at radius 2 is 1.94 bits per heavy atom. The van der Waals surface area contributed by atoms with E-state index < -0.39 is 0 Å². The maximum atomic E-state index is 2.41. The van der Waals surface area contributed by atoms with Crippen molar-refractivity contribution in [2.45, 2.75) is 26.3 Å². The molecule has 0 bridgehead atoms. The van der Waals surface area contributed by atoms with Crippen molar-refractivity contribution < 1.29 is 0 Å². The Labute approximate surface area is 98.1 Å². The summed E-state index contributed by atoms with van der Waals surface area (Å²) in [6, 6.07) is 11.2. The van der Waals surface area contributed by atoms with Gasteiger partial charge in [0.1, 0.15) is 0 Å². The first-order valence-corrected chi connectivity index (χ1v) is 5.92. The molecular weight excluding hydrogens is 194 g/mol. The molecule has 1 nitrogen and oxygen atoms in total. The average Bonchev–Trinajstić information content (AvgIpc) is 2.32. The molecule has 1 aromatic rings. The van der Waals surface area contributed by atoms with Crippen molar-refractivity contribution in [1.82, 2.24) is 4.90 Å². The molecule has 0 amide bonds. The molecule has 84 valence electrons. The van der Waals surface area contributed by atoms with Gasteiger partial charge in [0.25, 0.3) is 0 Å². The van der Waals surface area contributed by atoms with Crippen LogP contribution in [-0.4, -0.2) is 17.5 Å². The van der Waals surface area contributed by atoms with Crippen LogP contribution in [0.25, 0.3) is 0 Å². The van der Waals surface area contributed by atoms with Gasteiger partial charge < -0.3 is 4.90 Å². The zero-order chi connectivity index (χ0) is 11.4. The van der Waals surface area contributed by atoms with Gasteiger partial charge in [-0.2, -0.15) is 0 Å². The van der Waals surface area contributed by atoms with Crippen molar-refractivity contribution >= 4 is 0 Å². The number of hydrogen-bond acceptors (Lipinski definition) is 1. The molecule has 0 radical (unpaired) electrons. The summed E-state index contributed by atoms with van der Waals surface area (Å²) in [4.78, 5) is 2.41. The van der Waals surface area contributed by atoms with Gasteiger partial charge in [-0.15, -0.1) is 0 Å². The summed E-state index contributed by atoms with van der Waals surface area (Å²) in [6.07, 6.45) is 7.65. The Bertz CT molecular complexity index is 389. The maximum Gasteiger partial charge on any atom is 0.0469 e. The van der Waals surface area contributed by atoms with E-state index in [0.717, 1.165) is 13.0 Å². The van der Waals surface area contributed by atoms with Crippen LogP contribution in [0.1, 0.15) is 19.4 Å². The lowest BCUT2D eigenvalue weighted by atomic mass is 10.1. The van der Waals surface area contributed by atoms with Crippen molar-refractivity contribution in [3.63, 3.8) is 0 Å². The van der Waals surface area contributed by atoms with Crippen molar-refractivity contribution in [3.8, 4) is 0 Å². The van der Waals surface area contributed by atoms with E-state index in [0.29, 0.717) is 6.04 Å². The van der Waals surface area contributed by atoms with Crippen molar-refractivity contribution in [2.75, 3.05) is 6.54 Å². The molecule has 0 spiro atoms. The second kappa shape index (κ2) is 5.02. The summed E-state index contributed by atoms with van der Waals surface area (Å²) in [5.74, 6) is 0. The zero-order valence-corrected chi connectivity index (χ0v) is 10.1. The van der Waals surface area contributed by atoms with Crippen LogP contribution in [0.15, 0.2) is 54.3 Å². The van der Waals surface area contributed by atoms with Gasteiger partial charge in [-0.1, -0.05) is 42.0 Å². The lowest BCUT2D eigenvalue weighted by molar-refractivity contribution is 0.324. The van der Waals surface area contributed by atoms with E-state index in [-0.39, 0.29) is 0 Å². The van der Waals surface area contributed by atoms with Gasteiger partial charge in [-0.05, 0) is 38.1 Å². The summed E-state index contributed by atoms with van der Waals surface area (Å²) in [5, 5.41) is 0. The van der Waals surface area contributed by atoms with Crippen LogP contribution < -0.4 is 0 Å². The van der Waals surface area contributed by atoms with Crippen LogP contribution in [0.5, 0.6) is 0 Å². The third kappa shape index (κ3) is 2.54. The molecule has 1 atom stereocenters. The summed E-state index contributed by atoms with van der Waals surface area (Å²) in [6.45, 7) is 5.55. The number of hydrogen-bond donors (Lipinski definition) is 0. The first-order chi connectivity index (χ1) is 7.77. The molecule has 0 saturated heterocycles. The van der Waals surface area contributed by atoms with E-state index in [1.807, 2.05) is 0 Å². The van der Waals surface area contributed by atoms with Crippen LogP contribution in [0.2, 0.25) is 0 Å². The smallest absolute Gasteiger partial charge is 0.0469 e. The van der Waals surface area contributed by atoms with Crippen LogP contribution >= 0.6 is 0 Å². The topological polar surface area (TPSA) is 3.24 Å². The molecule has 1 aromatic carbocycles. The Kier molecular flexibility index (Phi) is 3.45. The molecule has 1 unspecified atom stereocenters. The van der Waals surface area contributed by atoms with Crippen molar-refractivity contribution in [2.24, 2.45) is 0 Å². The summed E-state index contributed by atoms with van der Waals surface area (Å²) < 4.78 is 0. The highest BCUT2D eigenvalue weighted by Crippen LogP contribution is 2.16. The first kappa shape index (κ1) is 11.0. The van der Waals surface area contributed by atoms with Crippen LogP contribution in [-0.2, 0) is 6.42 Å². The van der Waals surface area contributed by atoms with Gasteiger partial charge in [-0.25, -0.2) is 0 Å². The van der Waals surface area contributed by atoms with E-state index in [1.165, 1.54) is 11.1 Å². The fraction of sp³-hybridized carbons (Fsp3) is 0.333. The fourth-order valence-corrected chi connectivity index (χ4v) is 2.01. The number of rotatable bonds is 3. The van der Waals surface area contributed by atoms with Crippen molar-refractivity contribution in [1.29, 1.82) is 0 Å². The Morgan fingerprint density at radius 3 is 2.69 bits per heavy atom. The van der Waals surface area contributed by atoms with Gasteiger partial charge in [0.05, 0.1) is 0 Å². The standard InChI is InChI=1S/C15H19N/c1-13-7-6-11-16(14(13)2)12-10-15-8-4-3-5-9-15/h3-9,11,14H,10,12H2,1-2H3. The summed E-state index contributed by atoms with van der Waals surface area (Å²) >= 11 is 0. The minimum Gasteiger partial charge on any atom is -0.371 e. The third-order valence-corrected chi connectivity index (χ3v) is 3.29. The highest BCUT2D eigenvalue weighted by atomic mass is 15.1. The van der Waals surface area contributed by atoms with Gasteiger partial charge >= 0.3 is 0 Å². The molecule has 0 aliphatic carbocycles. The highest BCUT2D eigenvalue weighted by Gasteiger charge is 2.13. The first-order valence-electron chi connectivity index (χ1n) is 5.92. The van der Waals surface area contributed by atoms with Crippen LogP contribution in [0, 0.1) is 0 Å². The molecule has 1 aliphatic rings. The van der Waals surface area contributed by atoms with E-state index >= 15 is 0 Å². The fourth-order valence-electron chi connectivity index (χ4n) is 2.01. The van der Waals surface area contributed by atoms with E-state index in [4.69, 9.17) is 0 Å². The average molecular weight is 213 g/mol. The quantitative estimate of drug-likeness (QED) is 0.744. The van der Waals surface area contributed by atoms with Gasteiger partial charge in [0.2, 0.25) is 0 Å². The number of allylic oxidation sites excluding steroid dienone is 2. The molecule has 0 aromatic heterocycles. The predicted molar refractivity (Wildman–Crippen MR) is 69.2 cm³/mol. The highest BCUT2D eigenvalue weighted by molar-refractivity contribution is 5.21. The maximum absolute atomic E-state index is 2.41. The number of benzene rings is 1. The van der Waals surface area contributed by atoms with Gasteiger partial charge in [-0.3, -0.25) is 0 Å². The van der Waals surface area contributed by atoms with Gasteiger partial charge in [0.15, 0.2) is 0 Å². The lowest BCUT2D eigenvalue weighted by Gasteiger charge is -2.30. The predicted octanol–water partition coefficient (Wildman–Crippen LogP) is 3.39. The SMILES string of the molecule is CC1=CC=CN(CCc2ccccc2)C1C. The second-order valence-electron chi connectivity index (χ2n) is 4.40. The molecule has 16 heavy (non-hydrogen) atoms. The molecule has 0 fully saturated rings. The molecular formula is C15H19N. The lowest BCUT2D eigenvalue weighted by Crippen LogP contribution is -2.32. The number of nitrogens with zero attached hydrogens (tertiary/aromatic N) is 1. The Hall–Kier alpha value is -1.50. The largest absolute Gasteiger partial charge is 0.371 e. The monoisotopic (exact) mass is 213 g/mol. The van der Waals surface area contributed by atoms with Crippen LogP contribution in [0.3, 0.4) is 0 Å². The van der Waals surface area contributed by atoms with E-state index in [9.17, 15) is 0 Å². The minimum atomic E-state index is 0.536. The molecule has 1 heteroatoms. The molecule has 1 aliphatic heterocycles. The molecule has 1 heterocycles. The third-order valence-electron chi connectivity index (χ3n) is 3.29.